The van der Waals surface area contributed by atoms with Gasteiger partial charge in [0.25, 0.3) is 0 Å². The van der Waals surface area contributed by atoms with Crippen LogP contribution >= 0.6 is 0 Å². The van der Waals surface area contributed by atoms with Crippen molar-refractivity contribution in [2.24, 2.45) is 0 Å². The van der Waals surface area contributed by atoms with Crippen molar-refractivity contribution in [2.75, 3.05) is 0 Å². The van der Waals surface area contributed by atoms with E-state index >= 15 is 0 Å². The minimum absolute atomic E-state index is 1.26. The second-order valence-electron chi connectivity index (χ2n) is 9.70. The van der Waals surface area contributed by atoms with Crippen LogP contribution in [0.25, 0.3) is 33.4 Å². The summed E-state index contributed by atoms with van der Waals surface area (Å²) in [6.45, 7) is 6.33. The number of hydrogen-bond donors (Lipinski definition) is 0. The zero-order valence-electron chi connectivity index (χ0n) is 23.1. The molecule has 6 rings (SSSR count). The predicted octanol–water partition coefficient (Wildman–Crippen LogP) is 11.0. The van der Waals surface area contributed by atoms with Crippen molar-refractivity contribution in [1.29, 1.82) is 0 Å². The lowest BCUT2D eigenvalue weighted by molar-refractivity contribution is 1.45. The Kier molecular flexibility index (Phi) is 10.0. The first kappa shape index (κ1) is 27.4. The van der Waals surface area contributed by atoms with Crippen molar-refractivity contribution in [3.8, 4) is 33.4 Å². The summed E-state index contributed by atoms with van der Waals surface area (Å²) >= 11 is 0. The highest BCUT2D eigenvalue weighted by Crippen LogP contribution is 2.25. The first-order valence-electron chi connectivity index (χ1n) is 13.4. The number of benzene rings is 6. The van der Waals surface area contributed by atoms with Crippen molar-refractivity contribution in [2.45, 2.75) is 20.8 Å². The van der Waals surface area contributed by atoms with E-state index < -0.39 is 0 Å². The number of rotatable bonds is 3. The molecule has 0 fully saturated rings. The third-order valence-corrected chi connectivity index (χ3v) is 6.48. The number of hydrogen-bond acceptors (Lipinski definition) is 0. The van der Waals surface area contributed by atoms with Crippen LogP contribution in [-0.2, 0) is 0 Å². The standard InChI is InChI=1S/C19H16.C14H14.C6H6/c1-15-7-9-17(10-8-15)19-13-11-18(12-14-19)16-5-3-2-4-6-16;1-11-3-7-13(8-4-11)14-9-5-12(2)6-10-14;1-2-4-6-5-3-1/h2-14H,1H3;3-10H,1-2H3;1-6H. The highest BCUT2D eigenvalue weighted by Gasteiger charge is 2.00. The lowest BCUT2D eigenvalue weighted by Gasteiger charge is -2.05. The molecule has 0 aromatic heterocycles. The Labute approximate surface area is 234 Å². The monoisotopic (exact) mass is 504 g/mol. The molecule has 0 aliphatic carbocycles. The topological polar surface area (TPSA) is 0 Å². The van der Waals surface area contributed by atoms with Crippen LogP contribution in [-0.4, -0.2) is 0 Å². The maximum atomic E-state index is 2.19. The van der Waals surface area contributed by atoms with E-state index in [-0.39, 0.29) is 0 Å². The Morgan fingerprint density at radius 3 is 0.641 bits per heavy atom. The van der Waals surface area contributed by atoms with Gasteiger partial charge < -0.3 is 0 Å². The van der Waals surface area contributed by atoms with E-state index in [1.54, 1.807) is 0 Å². The molecule has 0 amide bonds. The van der Waals surface area contributed by atoms with Gasteiger partial charge in [0, 0.05) is 0 Å². The van der Waals surface area contributed by atoms with Gasteiger partial charge in [-0.25, -0.2) is 0 Å². The Bertz CT molecular complexity index is 1420. The fourth-order valence-electron chi connectivity index (χ4n) is 4.11. The van der Waals surface area contributed by atoms with Crippen LogP contribution < -0.4 is 0 Å². The Morgan fingerprint density at radius 1 is 0.205 bits per heavy atom. The summed E-state index contributed by atoms with van der Waals surface area (Å²) in [6, 6.07) is 57.1. The van der Waals surface area contributed by atoms with Crippen molar-refractivity contribution in [1.82, 2.24) is 0 Å². The Morgan fingerprint density at radius 2 is 0.385 bits per heavy atom. The quantitative estimate of drug-likeness (QED) is 0.225. The molecule has 0 bridgehead atoms. The molecule has 0 radical (unpaired) electrons. The zero-order valence-corrected chi connectivity index (χ0v) is 23.1. The third-order valence-electron chi connectivity index (χ3n) is 6.48. The van der Waals surface area contributed by atoms with Crippen LogP contribution in [0.4, 0.5) is 0 Å². The van der Waals surface area contributed by atoms with Gasteiger partial charge in [-0.15, -0.1) is 0 Å². The van der Waals surface area contributed by atoms with Crippen LogP contribution in [0.2, 0.25) is 0 Å². The van der Waals surface area contributed by atoms with Crippen molar-refractivity contribution in [3.63, 3.8) is 0 Å². The van der Waals surface area contributed by atoms with Gasteiger partial charge in [0.2, 0.25) is 0 Å². The van der Waals surface area contributed by atoms with E-state index in [0.29, 0.717) is 0 Å². The molecule has 0 aliphatic rings. The highest BCUT2D eigenvalue weighted by molar-refractivity contribution is 5.70. The van der Waals surface area contributed by atoms with E-state index in [2.05, 4.69) is 142 Å². The molecule has 192 valence electrons. The molecule has 0 heteroatoms. The van der Waals surface area contributed by atoms with Gasteiger partial charge >= 0.3 is 0 Å². The van der Waals surface area contributed by atoms with Crippen molar-refractivity contribution >= 4 is 0 Å². The van der Waals surface area contributed by atoms with Crippen LogP contribution in [0.1, 0.15) is 16.7 Å². The fourth-order valence-corrected chi connectivity index (χ4v) is 4.11. The van der Waals surface area contributed by atoms with E-state index in [0.717, 1.165) is 0 Å². The van der Waals surface area contributed by atoms with Gasteiger partial charge in [-0.05, 0) is 54.2 Å². The van der Waals surface area contributed by atoms with E-state index in [4.69, 9.17) is 0 Å². The molecule has 0 unspecified atom stereocenters. The van der Waals surface area contributed by atoms with E-state index in [9.17, 15) is 0 Å². The zero-order chi connectivity index (χ0) is 27.3. The molecule has 0 aliphatic heterocycles. The van der Waals surface area contributed by atoms with E-state index in [1.165, 1.54) is 50.1 Å². The first-order valence-corrected chi connectivity index (χ1v) is 13.4. The summed E-state index contributed by atoms with van der Waals surface area (Å²) in [5.74, 6) is 0. The molecule has 39 heavy (non-hydrogen) atoms. The second kappa shape index (κ2) is 14.3. The van der Waals surface area contributed by atoms with Gasteiger partial charge in [-0.3, -0.25) is 0 Å². The summed E-state index contributed by atoms with van der Waals surface area (Å²) in [4.78, 5) is 0. The molecule has 0 saturated carbocycles. The van der Waals surface area contributed by atoms with E-state index in [1.807, 2.05) is 42.5 Å². The molecule has 0 nitrogen and oxygen atoms in total. The lowest BCUT2D eigenvalue weighted by atomic mass is 10.00. The van der Waals surface area contributed by atoms with Crippen molar-refractivity contribution < 1.29 is 0 Å². The van der Waals surface area contributed by atoms with Crippen LogP contribution in [0.5, 0.6) is 0 Å². The SMILES string of the molecule is Cc1ccc(-c2ccc(-c3ccccc3)cc2)cc1.Cc1ccc(-c2ccc(C)cc2)cc1.c1ccccc1. The Hall–Kier alpha value is -4.68. The molecule has 6 aromatic rings. The fraction of sp³-hybridized carbons (Fsp3) is 0.0769. The summed E-state index contributed by atoms with van der Waals surface area (Å²) < 4.78 is 0. The molecule has 0 N–H and O–H groups in total. The molecular weight excluding hydrogens is 468 g/mol. The maximum Gasteiger partial charge on any atom is -0.0184 e. The summed E-state index contributed by atoms with van der Waals surface area (Å²) in [7, 11) is 0. The Balaban J connectivity index is 0.000000154. The van der Waals surface area contributed by atoms with Gasteiger partial charge in [-0.1, -0.05) is 180 Å². The lowest BCUT2D eigenvalue weighted by Crippen LogP contribution is -1.80. The average molecular weight is 505 g/mol. The van der Waals surface area contributed by atoms with Gasteiger partial charge in [0.1, 0.15) is 0 Å². The summed E-state index contributed by atoms with van der Waals surface area (Å²) in [5, 5.41) is 0. The smallest absolute Gasteiger partial charge is 0.0184 e. The maximum absolute atomic E-state index is 2.19. The van der Waals surface area contributed by atoms with Gasteiger partial charge in [-0.2, -0.15) is 0 Å². The van der Waals surface area contributed by atoms with Crippen LogP contribution in [0.15, 0.2) is 164 Å². The molecular formula is C39H36. The molecule has 0 heterocycles. The molecule has 6 aromatic carbocycles. The van der Waals surface area contributed by atoms with Crippen molar-refractivity contribution in [3.05, 3.63) is 180 Å². The third kappa shape index (κ3) is 8.69. The minimum Gasteiger partial charge on any atom is -0.0623 e. The summed E-state index contributed by atoms with van der Waals surface area (Å²) in [5.41, 5.74) is 11.5. The van der Waals surface area contributed by atoms with Crippen LogP contribution in [0.3, 0.4) is 0 Å². The number of aryl methyl sites for hydroxylation is 3. The first-order chi connectivity index (χ1) is 19.1. The largest absolute Gasteiger partial charge is 0.0623 e. The van der Waals surface area contributed by atoms with Gasteiger partial charge in [0.05, 0.1) is 0 Å². The average Bonchev–Trinajstić information content (AvgIpc) is 3.01. The molecule has 0 atom stereocenters. The molecule has 0 spiro atoms. The predicted molar refractivity (Wildman–Crippen MR) is 170 cm³/mol. The van der Waals surface area contributed by atoms with Gasteiger partial charge in [0.15, 0.2) is 0 Å². The summed E-state index contributed by atoms with van der Waals surface area (Å²) in [6.07, 6.45) is 0. The van der Waals surface area contributed by atoms with Crippen LogP contribution in [0, 0.1) is 20.8 Å². The molecule has 0 saturated heterocycles. The minimum atomic E-state index is 1.26. The highest BCUT2D eigenvalue weighted by atomic mass is 14.0. The normalized spacial score (nSPS) is 9.92. The second-order valence-corrected chi connectivity index (χ2v) is 9.70.